The predicted octanol–water partition coefficient (Wildman–Crippen LogP) is 4.92. The number of hydrazine groups is 1. The summed E-state index contributed by atoms with van der Waals surface area (Å²) >= 11 is 24.3. The second kappa shape index (κ2) is 7.68. The fraction of sp³-hybridized carbons (Fsp3) is 0.200. The average molecular weight is 364 g/mol. The SMILES string of the molecule is NNC(Cc1ccc(Cl)c(Cl)c1)Cc1c(Cl)cccc1Cl. The second-order valence-electron chi connectivity index (χ2n) is 4.72. The molecule has 0 radical (unpaired) electrons. The van der Waals surface area contributed by atoms with Crippen LogP contribution in [0.3, 0.4) is 0 Å². The Morgan fingerprint density at radius 1 is 0.857 bits per heavy atom. The minimum Gasteiger partial charge on any atom is -0.271 e. The zero-order chi connectivity index (χ0) is 15.4. The van der Waals surface area contributed by atoms with Gasteiger partial charge < -0.3 is 0 Å². The zero-order valence-electron chi connectivity index (χ0n) is 11.0. The van der Waals surface area contributed by atoms with Gasteiger partial charge in [0.15, 0.2) is 0 Å². The van der Waals surface area contributed by atoms with Crippen LogP contribution in [0.5, 0.6) is 0 Å². The van der Waals surface area contributed by atoms with E-state index in [0.717, 1.165) is 11.1 Å². The fourth-order valence-electron chi connectivity index (χ4n) is 2.11. The molecular formula is C15H14Cl4N2. The Balaban J connectivity index is 2.15. The van der Waals surface area contributed by atoms with Gasteiger partial charge in [0.05, 0.1) is 10.0 Å². The zero-order valence-corrected chi connectivity index (χ0v) is 14.1. The molecule has 0 spiro atoms. The van der Waals surface area contributed by atoms with E-state index >= 15 is 0 Å². The summed E-state index contributed by atoms with van der Waals surface area (Å²) in [7, 11) is 0. The van der Waals surface area contributed by atoms with Crippen molar-refractivity contribution in [3.8, 4) is 0 Å². The summed E-state index contributed by atoms with van der Waals surface area (Å²) in [6.07, 6.45) is 1.31. The first-order chi connectivity index (χ1) is 10.0. The van der Waals surface area contributed by atoms with Gasteiger partial charge >= 0.3 is 0 Å². The van der Waals surface area contributed by atoms with E-state index in [4.69, 9.17) is 52.2 Å². The van der Waals surface area contributed by atoms with Gasteiger partial charge in [-0.25, -0.2) is 0 Å². The quantitative estimate of drug-likeness (QED) is 0.584. The van der Waals surface area contributed by atoms with Gasteiger partial charge in [0.25, 0.3) is 0 Å². The summed E-state index contributed by atoms with van der Waals surface area (Å²) in [6, 6.07) is 11.0. The van der Waals surface area contributed by atoms with Crippen molar-refractivity contribution in [3.63, 3.8) is 0 Å². The summed E-state index contributed by atoms with van der Waals surface area (Å²) in [5.74, 6) is 5.64. The predicted molar refractivity (Wildman–Crippen MR) is 91.4 cm³/mol. The van der Waals surface area contributed by atoms with Crippen molar-refractivity contribution in [2.75, 3.05) is 0 Å². The molecule has 0 aliphatic carbocycles. The van der Waals surface area contributed by atoms with Crippen molar-refractivity contribution >= 4 is 46.4 Å². The molecule has 0 fully saturated rings. The Morgan fingerprint density at radius 2 is 1.52 bits per heavy atom. The number of halogens is 4. The van der Waals surface area contributed by atoms with Crippen LogP contribution >= 0.6 is 46.4 Å². The molecule has 6 heteroatoms. The molecule has 0 aliphatic rings. The van der Waals surface area contributed by atoms with Crippen LogP contribution in [-0.4, -0.2) is 6.04 Å². The van der Waals surface area contributed by atoms with Crippen molar-refractivity contribution in [2.24, 2.45) is 5.84 Å². The summed E-state index contributed by atoms with van der Waals surface area (Å²) in [5, 5.41) is 2.33. The molecule has 0 aromatic heterocycles. The Hall–Kier alpha value is -0.480. The fourth-order valence-corrected chi connectivity index (χ4v) is 2.99. The summed E-state index contributed by atoms with van der Waals surface area (Å²) in [5.41, 5.74) is 4.71. The maximum Gasteiger partial charge on any atom is 0.0595 e. The number of hydrogen-bond donors (Lipinski definition) is 2. The molecule has 21 heavy (non-hydrogen) atoms. The van der Waals surface area contributed by atoms with Crippen molar-refractivity contribution in [3.05, 3.63) is 67.6 Å². The van der Waals surface area contributed by atoms with E-state index in [1.807, 2.05) is 30.3 Å². The first-order valence-electron chi connectivity index (χ1n) is 6.34. The van der Waals surface area contributed by atoms with Crippen LogP contribution in [0, 0.1) is 0 Å². The highest BCUT2D eigenvalue weighted by molar-refractivity contribution is 6.42. The van der Waals surface area contributed by atoms with Gasteiger partial charge in [-0.3, -0.25) is 11.3 Å². The molecule has 0 saturated carbocycles. The molecule has 1 unspecified atom stereocenters. The van der Waals surface area contributed by atoms with E-state index in [9.17, 15) is 0 Å². The van der Waals surface area contributed by atoms with Crippen LogP contribution < -0.4 is 11.3 Å². The van der Waals surface area contributed by atoms with Crippen LogP contribution in [0.15, 0.2) is 36.4 Å². The molecule has 112 valence electrons. The topological polar surface area (TPSA) is 38.0 Å². The van der Waals surface area contributed by atoms with Gasteiger partial charge in [-0.15, -0.1) is 0 Å². The van der Waals surface area contributed by atoms with Crippen LogP contribution in [0.2, 0.25) is 20.1 Å². The lowest BCUT2D eigenvalue weighted by molar-refractivity contribution is 0.522. The third-order valence-corrected chi connectivity index (χ3v) is 4.66. The summed E-state index contributed by atoms with van der Waals surface area (Å²) < 4.78 is 0. The monoisotopic (exact) mass is 362 g/mol. The first kappa shape index (κ1) is 16.9. The van der Waals surface area contributed by atoms with Crippen LogP contribution in [0.4, 0.5) is 0 Å². The lowest BCUT2D eigenvalue weighted by atomic mass is 9.99. The molecule has 2 nitrogen and oxygen atoms in total. The van der Waals surface area contributed by atoms with E-state index in [1.54, 1.807) is 6.07 Å². The first-order valence-corrected chi connectivity index (χ1v) is 7.85. The standard InChI is InChI=1S/C15H14Cl4N2/c16-12-2-1-3-13(17)11(12)8-10(21-20)6-9-4-5-14(18)15(19)7-9/h1-5,7,10,21H,6,8,20H2. The molecule has 0 amide bonds. The van der Waals surface area contributed by atoms with Gasteiger partial charge in [-0.05, 0) is 48.2 Å². The normalized spacial score (nSPS) is 12.4. The second-order valence-corrected chi connectivity index (χ2v) is 6.35. The van der Waals surface area contributed by atoms with E-state index in [1.165, 1.54) is 0 Å². The summed E-state index contributed by atoms with van der Waals surface area (Å²) in [4.78, 5) is 0. The molecule has 3 N–H and O–H groups in total. The molecule has 2 aromatic rings. The van der Waals surface area contributed by atoms with Crippen molar-refractivity contribution < 1.29 is 0 Å². The van der Waals surface area contributed by atoms with Gasteiger partial charge in [0.1, 0.15) is 0 Å². The van der Waals surface area contributed by atoms with Crippen LogP contribution in [-0.2, 0) is 12.8 Å². The number of rotatable bonds is 5. The number of hydrogen-bond acceptors (Lipinski definition) is 2. The minimum absolute atomic E-state index is 0.0142. The Morgan fingerprint density at radius 3 is 2.10 bits per heavy atom. The summed E-state index contributed by atoms with van der Waals surface area (Å²) in [6.45, 7) is 0. The Labute approximate surface area is 144 Å². The number of benzene rings is 2. The van der Waals surface area contributed by atoms with Crippen LogP contribution in [0.1, 0.15) is 11.1 Å². The number of nitrogens with one attached hydrogen (secondary N) is 1. The molecule has 0 bridgehead atoms. The largest absolute Gasteiger partial charge is 0.271 e. The van der Waals surface area contributed by atoms with Gasteiger partial charge in [0.2, 0.25) is 0 Å². The van der Waals surface area contributed by atoms with Crippen molar-refractivity contribution in [1.82, 2.24) is 5.43 Å². The van der Waals surface area contributed by atoms with Gasteiger partial charge in [-0.1, -0.05) is 58.5 Å². The van der Waals surface area contributed by atoms with Gasteiger partial charge in [0, 0.05) is 16.1 Å². The molecule has 0 heterocycles. The third-order valence-electron chi connectivity index (χ3n) is 3.21. The lowest BCUT2D eigenvalue weighted by Gasteiger charge is -2.18. The Bertz CT molecular complexity index is 611. The highest BCUT2D eigenvalue weighted by atomic mass is 35.5. The maximum absolute atomic E-state index is 6.19. The highest BCUT2D eigenvalue weighted by Crippen LogP contribution is 2.27. The van der Waals surface area contributed by atoms with Crippen molar-refractivity contribution in [2.45, 2.75) is 18.9 Å². The van der Waals surface area contributed by atoms with E-state index in [-0.39, 0.29) is 6.04 Å². The van der Waals surface area contributed by atoms with Crippen molar-refractivity contribution in [1.29, 1.82) is 0 Å². The van der Waals surface area contributed by atoms with Crippen LogP contribution in [0.25, 0.3) is 0 Å². The lowest BCUT2D eigenvalue weighted by Crippen LogP contribution is -2.38. The number of nitrogens with two attached hydrogens (primary N) is 1. The third kappa shape index (κ3) is 4.49. The minimum atomic E-state index is -0.0142. The smallest absolute Gasteiger partial charge is 0.0595 e. The molecule has 0 aliphatic heterocycles. The van der Waals surface area contributed by atoms with E-state index in [0.29, 0.717) is 32.9 Å². The average Bonchev–Trinajstić information content (AvgIpc) is 2.45. The molecule has 2 aromatic carbocycles. The maximum atomic E-state index is 6.19. The van der Waals surface area contributed by atoms with Gasteiger partial charge in [-0.2, -0.15) is 0 Å². The van der Waals surface area contributed by atoms with E-state index in [2.05, 4.69) is 5.43 Å². The molecular weight excluding hydrogens is 350 g/mol. The van der Waals surface area contributed by atoms with E-state index < -0.39 is 0 Å². The molecule has 0 saturated heterocycles. The Kier molecular flexibility index (Phi) is 6.18. The molecule has 2 rings (SSSR count). The highest BCUT2D eigenvalue weighted by Gasteiger charge is 2.14. The molecule has 1 atom stereocenters.